The van der Waals surface area contributed by atoms with Crippen LogP contribution >= 0.6 is 11.3 Å². The molecule has 1 aliphatic heterocycles. The van der Waals surface area contributed by atoms with Gasteiger partial charge in [0.15, 0.2) is 0 Å². The van der Waals surface area contributed by atoms with E-state index in [0.29, 0.717) is 25.2 Å². The Hall–Kier alpha value is -1.92. The average Bonchev–Trinajstić information content (AvgIpc) is 2.97. The molecule has 0 bridgehead atoms. The minimum Gasteiger partial charge on any atom is -0.357 e. The Morgan fingerprint density at radius 2 is 2.19 bits per heavy atom. The van der Waals surface area contributed by atoms with Crippen LogP contribution in [0.4, 0.5) is 0 Å². The number of amides is 2. The molecule has 0 aliphatic carbocycles. The summed E-state index contributed by atoms with van der Waals surface area (Å²) in [4.78, 5) is 26.5. The van der Waals surface area contributed by atoms with Crippen molar-refractivity contribution in [1.29, 1.82) is 0 Å². The molecule has 1 fully saturated rings. The van der Waals surface area contributed by atoms with Gasteiger partial charge in [-0.05, 0) is 6.07 Å². The first-order chi connectivity index (χ1) is 10.2. The van der Waals surface area contributed by atoms with Crippen LogP contribution in [0.2, 0.25) is 0 Å². The van der Waals surface area contributed by atoms with Crippen LogP contribution < -0.4 is 10.6 Å². The largest absolute Gasteiger partial charge is 0.357 e. The van der Waals surface area contributed by atoms with Crippen molar-refractivity contribution in [2.24, 2.45) is 0 Å². The molecule has 2 amide bonds. The summed E-state index contributed by atoms with van der Waals surface area (Å²) in [6.45, 7) is 1.75. The van der Waals surface area contributed by atoms with E-state index in [9.17, 15) is 9.59 Å². The molecule has 1 saturated heterocycles. The van der Waals surface area contributed by atoms with E-state index in [1.165, 1.54) is 0 Å². The van der Waals surface area contributed by atoms with Crippen LogP contribution in [-0.4, -0.2) is 49.4 Å². The Balaban J connectivity index is 1.94. The van der Waals surface area contributed by atoms with Crippen molar-refractivity contribution < 1.29 is 9.59 Å². The van der Waals surface area contributed by atoms with Crippen molar-refractivity contribution in [3.8, 4) is 0 Å². The van der Waals surface area contributed by atoms with E-state index < -0.39 is 6.04 Å². The number of rotatable bonds is 2. The summed E-state index contributed by atoms with van der Waals surface area (Å²) >= 11 is 1.56. The molecular weight excluding hydrogens is 286 g/mol. The summed E-state index contributed by atoms with van der Waals surface area (Å²) in [6.07, 6.45) is 0. The first-order valence-corrected chi connectivity index (χ1v) is 7.80. The van der Waals surface area contributed by atoms with Gasteiger partial charge in [0.1, 0.15) is 6.04 Å². The van der Waals surface area contributed by atoms with Gasteiger partial charge in [0, 0.05) is 42.1 Å². The zero-order chi connectivity index (χ0) is 14.8. The van der Waals surface area contributed by atoms with Gasteiger partial charge in [0.2, 0.25) is 5.91 Å². The molecule has 21 heavy (non-hydrogen) atoms. The van der Waals surface area contributed by atoms with Gasteiger partial charge in [0.05, 0.1) is 5.56 Å². The highest BCUT2D eigenvalue weighted by Gasteiger charge is 2.32. The summed E-state index contributed by atoms with van der Waals surface area (Å²) in [5.74, 6) is -0.197. The van der Waals surface area contributed by atoms with Gasteiger partial charge < -0.3 is 15.5 Å². The number of fused-ring (bicyclic) bond motifs is 1. The third-order valence-electron chi connectivity index (χ3n) is 3.76. The molecule has 0 spiro atoms. The topological polar surface area (TPSA) is 61.4 Å². The summed E-state index contributed by atoms with van der Waals surface area (Å²) in [5, 5.41) is 8.64. The SMILES string of the molecule is CNC(=O)C1CNCCN1C(=O)c1csc2ccccc12. The van der Waals surface area contributed by atoms with Crippen molar-refractivity contribution in [2.75, 3.05) is 26.7 Å². The predicted octanol–water partition coefficient (Wildman–Crippen LogP) is 1.06. The number of nitrogens with zero attached hydrogens (tertiary/aromatic N) is 1. The molecule has 1 aliphatic rings. The molecule has 1 atom stereocenters. The van der Waals surface area contributed by atoms with Crippen LogP contribution in [-0.2, 0) is 4.79 Å². The van der Waals surface area contributed by atoms with Gasteiger partial charge in [-0.15, -0.1) is 11.3 Å². The lowest BCUT2D eigenvalue weighted by Crippen LogP contribution is -2.59. The Morgan fingerprint density at radius 1 is 1.38 bits per heavy atom. The normalized spacial score (nSPS) is 18.7. The fraction of sp³-hybridized carbons (Fsp3) is 0.333. The Labute approximate surface area is 126 Å². The minimum absolute atomic E-state index is 0.0671. The zero-order valence-electron chi connectivity index (χ0n) is 11.8. The second-order valence-electron chi connectivity index (χ2n) is 4.98. The van der Waals surface area contributed by atoms with Crippen molar-refractivity contribution in [3.63, 3.8) is 0 Å². The summed E-state index contributed by atoms with van der Waals surface area (Å²) in [7, 11) is 1.60. The minimum atomic E-state index is -0.449. The maximum Gasteiger partial charge on any atom is 0.256 e. The number of benzene rings is 1. The van der Waals surface area contributed by atoms with Gasteiger partial charge in [-0.3, -0.25) is 9.59 Å². The van der Waals surface area contributed by atoms with Gasteiger partial charge in [-0.1, -0.05) is 18.2 Å². The molecule has 0 saturated carbocycles. The highest BCUT2D eigenvalue weighted by molar-refractivity contribution is 7.17. The molecule has 5 nitrogen and oxygen atoms in total. The molecule has 1 unspecified atom stereocenters. The molecule has 2 N–H and O–H groups in total. The lowest BCUT2D eigenvalue weighted by molar-refractivity contribution is -0.125. The Kier molecular flexibility index (Phi) is 3.90. The van der Waals surface area contributed by atoms with Gasteiger partial charge in [-0.25, -0.2) is 0 Å². The van der Waals surface area contributed by atoms with E-state index in [1.54, 1.807) is 23.3 Å². The molecule has 1 aromatic carbocycles. The Bertz CT molecular complexity index is 682. The number of thiophene rings is 1. The number of carbonyl (C=O) groups is 2. The smallest absolute Gasteiger partial charge is 0.256 e. The third kappa shape index (κ3) is 2.52. The van der Waals surface area contributed by atoms with Crippen LogP contribution in [0.5, 0.6) is 0 Å². The van der Waals surface area contributed by atoms with Crippen LogP contribution in [0.15, 0.2) is 29.6 Å². The number of hydrogen-bond acceptors (Lipinski definition) is 4. The van der Waals surface area contributed by atoms with Gasteiger partial charge >= 0.3 is 0 Å². The molecule has 3 rings (SSSR count). The van der Waals surface area contributed by atoms with E-state index in [0.717, 1.165) is 10.1 Å². The number of carbonyl (C=O) groups excluding carboxylic acids is 2. The third-order valence-corrected chi connectivity index (χ3v) is 4.73. The lowest BCUT2D eigenvalue weighted by atomic mass is 10.1. The Morgan fingerprint density at radius 3 is 3.00 bits per heavy atom. The highest BCUT2D eigenvalue weighted by Crippen LogP contribution is 2.27. The molecule has 2 aromatic rings. The maximum absolute atomic E-state index is 12.8. The van der Waals surface area contributed by atoms with Crippen LogP contribution in [0.1, 0.15) is 10.4 Å². The monoisotopic (exact) mass is 303 g/mol. The van der Waals surface area contributed by atoms with Gasteiger partial charge in [0.25, 0.3) is 5.91 Å². The number of hydrogen-bond donors (Lipinski definition) is 2. The van der Waals surface area contributed by atoms with E-state index in [1.807, 2.05) is 29.6 Å². The molecule has 0 radical (unpaired) electrons. The summed E-state index contributed by atoms with van der Waals surface area (Å²) < 4.78 is 1.09. The average molecular weight is 303 g/mol. The summed E-state index contributed by atoms with van der Waals surface area (Å²) in [6, 6.07) is 7.40. The first kappa shape index (κ1) is 14.0. The van der Waals surface area contributed by atoms with Crippen molar-refractivity contribution in [3.05, 3.63) is 35.2 Å². The molecule has 6 heteroatoms. The number of piperazine rings is 1. The second-order valence-corrected chi connectivity index (χ2v) is 5.89. The first-order valence-electron chi connectivity index (χ1n) is 6.92. The fourth-order valence-electron chi connectivity index (χ4n) is 2.65. The highest BCUT2D eigenvalue weighted by atomic mass is 32.1. The number of likely N-dealkylation sites (N-methyl/N-ethyl adjacent to an activating group) is 1. The van der Waals surface area contributed by atoms with Crippen molar-refractivity contribution in [1.82, 2.24) is 15.5 Å². The van der Waals surface area contributed by atoms with Crippen LogP contribution in [0.3, 0.4) is 0 Å². The van der Waals surface area contributed by atoms with Crippen molar-refractivity contribution >= 4 is 33.2 Å². The standard InChI is InChI=1S/C15H17N3O2S/c1-16-14(19)12-8-17-6-7-18(12)15(20)11-9-21-13-5-3-2-4-10(11)13/h2-5,9,12,17H,6-8H2,1H3,(H,16,19). The van der Waals surface area contributed by atoms with Crippen LogP contribution in [0, 0.1) is 0 Å². The van der Waals surface area contributed by atoms with E-state index in [4.69, 9.17) is 0 Å². The molecule has 110 valence electrons. The lowest BCUT2D eigenvalue weighted by Gasteiger charge is -2.34. The summed E-state index contributed by atoms with van der Waals surface area (Å²) in [5.41, 5.74) is 0.686. The van der Waals surface area contributed by atoms with Crippen LogP contribution in [0.25, 0.3) is 10.1 Å². The van der Waals surface area contributed by atoms with Crippen molar-refractivity contribution in [2.45, 2.75) is 6.04 Å². The molecular formula is C15H17N3O2S. The predicted molar refractivity (Wildman–Crippen MR) is 83.6 cm³/mol. The quantitative estimate of drug-likeness (QED) is 0.872. The maximum atomic E-state index is 12.8. The van der Waals surface area contributed by atoms with E-state index >= 15 is 0 Å². The number of nitrogens with one attached hydrogen (secondary N) is 2. The van der Waals surface area contributed by atoms with E-state index in [-0.39, 0.29) is 11.8 Å². The van der Waals surface area contributed by atoms with Gasteiger partial charge in [-0.2, -0.15) is 0 Å². The van der Waals surface area contributed by atoms with E-state index in [2.05, 4.69) is 10.6 Å². The fourth-order valence-corrected chi connectivity index (χ4v) is 3.58. The molecule has 1 aromatic heterocycles. The second kappa shape index (κ2) is 5.83. The molecule has 2 heterocycles. The zero-order valence-corrected chi connectivity index (χ0v) is 12.6.